The molecule has 2 aliphatic carbocycles. The van der Waals surface area contributed by atoms with Gasteiger partial charge in [0.15, 0.2) is 0 Å². The molecule has 2 saturated heterocycles. The highest BCUT2D eigenvalue weighted by molar-refractivity contribution is 5.78. The third-order valence-electron chi connectivity index (χ3n) is 8.64. The summed E-state index contributed by atoms with van der Waals surface area (Å²) in [6, 6.07) is 0.506. The van der Waals surface area contributed by atoms with Gasteiger partial charge in [-0.1, -0.05) is 0 Å². The molecule has 0 aromatic heterocycles. The van der Waals surface area contributed by atoms with E-state index in [4.69, 9.17) is 4.74 Å². The van der Waals surface area contributed by atoms with Crippen LogP contribution >= 0.6 is 0 Å². The van der Waals surface area contributed by atoms with Crippen LogP contribution in [-0.4, -0.2) is 64.2 Å². The van der Waals surface area contributed by atoms with E-state index in [2.05, 4.69) is 26.6 Å². The molecule has 1 amide bonds. The number of ether oxygens (including phenoxy) is 1. The molecule has 0 aromatic rings. The summed E-state index contributed by atoms with van der Waals surface area (Å²) >= 11 is 0. The third kappa shape index (κ3) is 7.13. The van der Waals surface area contributed by atoms with Gasteiger partial charge in [-0.3, -0.25) is 20.7 Å². The van der Waals surface area contributed by atoms with E-state index in [-0.39, 0.29) is 18.1 Å². The zero-order chi connectivity index (χ0) is 22.2. The Kier molecular flexibility index (Phi) is 9.65. The number of nitrogens with one attached hydrogen (secondary N) is 5. The smallest absolute Gasteiger partial charge is 0.223 e. The number of methoxy groups -OCH3 is 1. The third-order valence-corrected chi connectivity index (χ3v) is 8.64. The molecule has 2 heterocycles. The van der Waals surface area contributed by atoms with Gasteiger partial charge in [0, 0.05) is 38.7 Å². The van der Waals surface area contributed by atoms with Gasteiger partial charge in [0.25, 0.3) is 0 Å². The maximum Gasteiger partial charge on any atom is 0.223 e. The average molecular weight is 450 g/mol. The van der Waals surface area contributed by atoms with Crippen molar-refractivity contribution in [1.29, 1.82) is 0 Å². The predicted molar refractivity (Wildman–Crippen MR) is 128 cm³/mol. The maximum atomic E-state index is 12.6. The van der Waals surface area contributed by atoms with Crippen molar-refractivity contribution in [1.82, 2.24) is 26.6 Å². The molecule has 4 fully saturated rings. The minimum absolute atomic E-state index is 0.205. The number of hydrogen-bond acceptors (Lipinski definition) is 6. The first-order valence-electron chi connectivity index (χ1n) is 13.4. The molecule has 0 spiro atoms. The SMILES string of the molecule is COC1CCC(C2CNC(NC3CCC(C(=O)NCCC4CCCNC4)CC3)NC2)CC1. The van der Waals surface area contributed by atoms with Gasteiger partial charge in [-0.15, -0.1) is 0 Å². The lowest BCUT2D eigenvalue weighted by atomic mass is 9.78. The van der Waals surface area contributed by atoms with Crippen LogP contribution in [0.2, 0.25) is 0 Å². The van der Waals surface area contributed by atoms with E-state index in [0.717, 1.165) is 82.6 Å². The molecular formula is C25H47N5O2. The zero-order valence-electron chi connectivity index (χ0n) is 20.2. The van der Waals surface area contributed by atoms with Gasteiger partial charge in [0.2, 0.25) is 5.91 Å². The van der Waals surface area contributed by atoms with Crippen LogP contribution < -0.4 is 26.6 Å². The van der Waals surface area contributed by atoms with E-state index < -0.39 is 0 Å². The Morgan fingerprint density at radius 3 is 2.31 bits per heavy atom. The van der Waals surface area contributed by atoms with Crippen LogP contribution in [0, 0.1) is 23.7 Å². The highest BCUT2D eigenvalue weighted by Gasteiger charge is 2.32. The van der Waals surface area contributed by atoms with Crippen LogP contribution in [0.3, 0.4) is 0 Å². The molecule has 2 aliphatic heterocycles. The first-order valence-corrected chi connectivity index (χ1v) is 13.4. The minimum Gasteiger partial charge on any atom is -0.381 e. The summed E-state index contributed by atoms with van der Waals surface area (Å²) in [5.74, 6) is 2.78. The first-order chi connectivity index (χ1) is 15.7. The van der Waals surface area contributed by atoms with Crippen molar-refractivity contribution in [2.75, 3.05) is 39.8 Å². The molecule has 5 N–H and O–H groups in total. The van der Waals surface area contributed by atoms with Crippen LogP contribution in [0.1, 0.15) is 70.6 Å². The van der Waals surface area contributed by atoms with Crippen molar-refractivity contribution in [3.8, 4) is 0 Å². The molecular weight excluding hydrogens is 402 g/mol. The van der Waals surface area contributed by atoms with Gasteiger partial charge in [-0.05, 0) is 101 Å². The summed E-state index contributed by atoms with van der Waals surface area (Å²) in [5.41, 5.74) is 0. The van der Waals surface area contributed by atoms with E-state index in [1.807, 2.05) is 7.11 Å². The Balaban J connectivity index is 1.07. The Bertz CT molecular complexity index is 547. The minimum atomic E-state index is 0.205. The second-order valence-corrected chi connectivity index (χ2v) is 10.8. The van der Waals surface area contributed by atoms with Gasteiger partial charge < -0.3 is 15.4 Å². The van der Waals surface area contributed by atoms with Crippen LogP contribution in [-0.2, 0) is 9.53 Å². The molecule has 0 radical (unpaired) electrons. The van der Waals surface area contributed by atoms with Crippen molar-refractivity contribution in [3.63, 3.8) is 0 Å². The standard InChI is InChI=1S/C25H47N5O2/c1-32-23-10-6-19(7-11-23)21-16-28-25(29-17-21)30-22-8-4-20(5-9-22)24(31)27-14-12-18-3-2-13-26-15-18/h18-23,25-26,28-30H,2-17H2,1H3,(H,27,31). The molecule has 7 heteroatoms. The highest BCUT2D eigenvalue weighted by Crippen LogP contribution is 2.32. The van der Waals surface area contributed by atoms with Crippen molar-refractivity contribution in [3.05, 3.63) is 0 Å². The molecule has 4 aliphatic rings. The van der Waals surface area contributed by atoms with Crippen LogP contribution in [0.25, 0.3) is 0 Å². The number of piperidine rings is 1. The summed E-state index contributed by atoms with van der Waals surface area (Å²) in [5, 5.41) is 17.8. The number of carbonyl (C=O) groups is 1. The van der Waals surface area contributed by atoms with Gasteiger partial charge in [0.05, 0.1) is 6.10 Å². The fourth-order valence-corrected chi connectivity index (χ4v) is 6.40. The van der Waals surface area contributed by atoms with Crippen LogP contribution in [0.4, 0.5) is 0 Å². The molecule has 184 valence electrons. The summed E-state index contributed by atoms with van der Waals surface area (Å²) in [7, 11) is 1.85. The molecule has 7 nitrogen and oxygen atoms in total. The van der Waals surface area contributed by atoms with Crippen LogP contribution in [0.5, 0.6) is 0 Å². The molecule has 2 saturated carbocycles. The molecule has 0 aromatic carbocycles. The lowest BCUT2D eigenvalue weighted by Gasteiger charge is -2.40. The first kappa shape index (κ1) is 24.4. The normalized spacial score (nSPS) is 38.8. The molecule has 1 atom stereocenters. The van der Waals surface area contributed by atoms with Crippen molar-refractivity contribution in [2.24, 2.45) is 23.7 Å². The average Bonchev–Trinajstić information content (AvgIpc) is 2.86. The van der Waals surface area contributed by atoms with Gasteiger partial charge >= 0.3 is 0 Å². The van der Waals surface area contributed by atoms with E-state index in [1.165, 1.54) is 38.5 Å². The number of hydrogen-bond donors (Lipinski definition) is 5. The fourth-order valence-electron chi connectivity index (χ4n) is 6.40. The molecule has 4 rings (SSSR count). The Labute approximate surface area is 194 Å². The summed E-state index contributed by atoms with van der Waals surface area (Å²) in [6.07, 6.45) is 13.6. The van der Waals surface area contributed by atoms with E-state index >= 15 is 0 Å². The van der Waals surface area contributed by atoms with Gasteiger partial charge in [-0.2, -0.15) is 0 Å². The quantitative estimate of drug-likeness (QED) is 0.389. The Morgan fingerprint density at radius 1 is 0.906 bits per heavy atom. The number of amides is 1. The van der Waals surface area contributed by atoms with Crippen molar-refractivity contribution in [2.45, 2.75) is 89.1 Å². The lowest BCUT2D eigenvalue weighted by molar-refractivity contribution is -0.126. The number of carbonyl (C=O) groups excluding carboxylic acids is 1. The van der Waals surface area contributed by atoms with Crippen molar-refractivity contribution >= 4 is 5.91 Å². The number of rotatable bonds is 8. The van der Waals surface area contributed by atoms with E-state index in [9.17, 15) is 4.79 Å². The summed E-state index contributed by atoms with van der Waals surface area (Å²) in [4.78, 5) is 12.6. The monoisotopic (exact) mass is 449 g/mol. The molecule has 32 heavy (non-hydrogen) atoms. The zero-order valence-corrected chi connectivity index (χ0v) is 20.2. The van der Waals surface area contributed by atoms with E-state index in [1.54, 1.807) is 0 Å². The second kappa shape index (κ2) is 12.7. The molecule has 1 unspecified atom stereocenters. The summed E-state index contributed by atoms with van der Waals surface area (Å²) < 4.78 is 5.53. The second-order valence-electron chi connectivity index (χ2n) is 10.8. The van der Waals surface area contributed by atoms with Crippen molar-refractivity contribution < 1.29 is 9.53 Å². The lowest BCUT2D eigenvalue weighted by Crippen LogP contribution is -2.63. The summed E-state index contributed by atoms with van der Waals surface area (Å²) in [6.45, 7) is 5.31. The Hall–Kier alpha value is -0.730. The van der Waals surface area contributed by atoms with E-state index in [0.29, 0.717) is 12.1 Å². The Morgan fingerprint density at radius 2 is 1.66 bits per heavy atom. The van der Waals surface area contributed by atoms with Crippen LogP contribution in [0.15, 0.2) is 0 Å². The van der Waals surface area contributed by atoms with Gasteiger partial charge in [-0.25, -0.2) is 0 Å². The predicted octanol–water partition coefficient (Wildman–Crippen LogP) is 1.94. The largest absolute Gasteiger partial charge is 0.381 e. The maximum absolute atomic E-state index is 12.6. The fraction of sp³-hybridized carbons (Fsp3) is 0.960. The molecule has 0 bridgehead atoms. The highest BCUT2D eigenvalue weighted by atomic mass is 16.5. The van der Waals surface area contributed by atoms with Gasteiger partial charge in [0.1, 0.15) is 6.29 Å². The topological polar surface area (TPSA) is 86.5 Å².